The van der Waals surface area contributed by atoms with E-state index in [1.165, 1.54) is 12.1 Å². The SMILES string of the molecule is CC(C)C1CCN(C(=O)c2cc(S(=O)(=O)Cl)ccc2Br)C1. The van der Waals surface area contributed by atoms with E-state index in [9.17, 15) is 13.2 Å². The second-order valence-electron chi connectivity index (χ2n) is 5.62. The lowest BCUT2D eigenvalue weighted by atomic mass is 9.95. The minimum atomic E-state index is -3.84. The van der Waals surface area contributed by atoms with Crippen LogP contribution in [0.25, 0.3) is 0 Å². The van der Waals surface area contributed by atoms with Crippen molar-refractivity contribution < 1.29 is 13.2 Å². The normalized spacial score (nSPS) is 19.3. The van der Waals surface area contributed by atoms with Gasteiger partial charge in [-0.2, -0.15) is 0 Å². The molecule has 1 aromatic carbocycles. The Balaban J connectivity index is 2.28. The molecule has 1 amide bonds. The average Bonchev–Trinajstić information content (AvgIpc) is 2.86. The van der Waals surface area contributed by atoms with E-state index in [-0.39, 0.29) is 10.8 Å². The molecule has 0 saturated carbocycles. The molecule has 1 aliphatic rings. The number of rotatable bonds is 3. The Bertz CT molecular complexity index is 660. The maximum Gasteiger partial charge on any atom is 0.261 e. The standard InChI is InChI=1S/C14H17BrClNO3S/c1-9(2)10-5-6-17(8-10)14(18)12-7-11(21(16,19)20)3-4-13(12)15/h3-4,7,9-10H,5-6,8H2,1-2H3. The summed E-state index contributed by atoms with van der Waals surface area (Å²) in [6.45, 7) is 5.71. The molecule has 1 saturated heterocycles. The van der Waals surface area contributed by atoms with E-state index in [0.717, 1.165) is 6.42 Å². The van der Waals surface area contributed by atoms with Gasteiger partial charge in [0.05, 0.1) is 10.5 Å². The average molecular weight is 395 g/mol. The number of benzene rings is 1. The smallest absolute Gasteiger partial charge is 0.261 e. The maximum absolute atomic E-state index is 12.6. The lowest BCUT2D eigenvalue weighted by molar-refractivity contribution is 0.0783. The molecular formula is C14H17BrClNO3S. The quantitative estimate of drug-likeness (QED) is 0.737. The summed E-state index contributed by atoms with van der Waals surface area (Å²) in [5.74, 6) is 0.862. The second-order valence-corrected chi connectivity index (χ2v) is 9.04. The highest BCUT2D eigenvalue weighted by atomic mass is 79.9. The minimum Gasteiger partial charge on any atom is -0.338 e. The van der Waals surface area contributed by atoms with E-state index in [2.05, 4.69) is 29.8 Å². The number of hydrogen-bond acceptors (Lipinski definition) is 3. The molecular weight excluding hydrogens is 378 g/mol. The Morgan fingerprint density at radius 3 is 2.62 bits per heavy atom. The van der Waals surface area contributed by atoms with Gasteiger partial charge >= 0.3 is 0 Å². The number of nitrogens with zero attached hydrogens (tertiary/aromatic N) is 1. The lowest BCUT2D eigenvalue weighted by Crippen LogP contribution is -2.29. The summed E-state index contributed by atoms with van der Waals surface area (Å²) < 4.78 is 23.4. The topological polar surface area (TPSA) is 54.5 Å². The molecule has 0 spiro atoms. The van der Waals surface area contributed by atoms with Crippen LogP contribution in [0.4, 0.5) is 0 Å². The van der Waals surface area contributed by atoms with Crippen molar-refractivity contribution in [3.63, 3.8) is 0 Å². The van der Waals surface area contributed by atoms with Crippen LogP contribution in [0.2, 0.25) is 0 Å². The molecule has 2 rings (SSSR count). The van der Waals surface area contributed by atoms with Crippen LogP contribution < -0.4 is 0 Å². The van der Waals surface area contributed by atoms with Crippen LogP contribution in [-0.2, 0) is 9.05 Å². The van der Waals surface area contributed by atoms with Crippen molar-refractivity contribution >= 4 is 41.6 Å². The third-order valence-electron chi connectivity index (χ3n) is 3.90. The summed E-state index contributed by atoms with van der Waals surface area (Å²) in [5.41, 5.74) is 0.334. The summed E-state index contributed by atoms with van der Waals surface area (Å²) in [5, 5.41) is 0. The Morgan fingerprint density at radius 1 is 1.43 bits per heavy atom. The minimum absolute atomic E-state index is 0.0599. The molecule has 7 heteroatoms. The molecule has 1 fully saturated rings. The van der Waals surface area contributed by atoms with Crippen molar-refractivity contribution in [2.75, 3.05) is 13.1 Å². The third kappa shape index (κ3) is 3.79. The predicted octanol–water partition coefficient (Wildman–Crippen LogP) is 3.49. The molecule has 1 aliphatic heterocycles. The molecule has 1 aromatic rings. The summed E-state index contributed by atoms with van der Waals surface area (Å²) >= 11 is 3.30. The predicted molar refractivity (Wildman–Crippen MR) is 86.0 cm³/mol. The second kappa shape index (κ2) is 6.26. The van der Waals surface area contributed by atoms with Crippen LogP contribution in [0.3, 0.4) is 0 Å². The van der Waals surface area contributed by atoms with Crippen LogP contribution in [0, 0.1) is 11.8 Å². The number of halogens is 2. The van der Waals surface area contributed by atoms with Crippen molar-refractivity contribution in [2.45, 2.75) is 25.2 Å². The number of amides is 1. The van der Waals surface area contributed by atoms with Gasteiger partial charge in [-0.05, 0) is 52.4 Å². The molecule has 21 heavy (non-hydrogen) atoms. The van der Waals surface area contributed by atoms with Crippen molar-refractivity contribution in [3.05, 3.63) is 28.2 Å². The van der Waals surface area contributed by atoms with Gasteiger partial charge in [0.25, 0.3) is 15.0 Å². The molecule has 0 N–H and O–H groups in total. The van der Waals surface area contributed by atoms with Gasteiger partial charge in [0.1, 0.15) is 0 Å². The zero-order chi connectivity index (χ0) is 15.8. The van der Waals surface area contributed by atoms with Gasteiger partial charge in [0.2, 0.25) is 0 Å². The zero-order valence-corrected chi connectivity index (χ0v) is 15.0. The highest BCUT2D eigenvalue weighted by Gasteiger charge is 2.30. The van der Waals surface area contributed by atoms with E-state index >= 15 is 0 Å². The summed E-state index contributed by atoms with van der Waals surface area (Å²) in [7, 11) is 1.50. The van der Waals surface area contributed by atoms with Crippen molar-refractivity contribution in [1.82, 2.24) is 4.90 Å². The number of carbonyl (C=O) groups excluding carboxylic acids is 1. The van der Waals surface area contributed by atoms with Crippen molar-refractivity contribution in [3.8, 4) is 0 Å². The molecule has 0 aliphatic carbocycles. The first-order valence-corrected chi connectivity index (χ1v) is 9.84. The zero-order valence-electron chi connectivity index (χ0n) is 11.8. The van der Waals surface area contributed by atoms with Crippen molar-refractivity contribution in [1.29, 1.82) is 0 Å². The Kier molecular flexibility index (Phi) is 5.00. The Morgan fingerprint density at radius 2 is 2.10 bits per heavy atom. The lowest BCUT2D eigenvalue weighted by Gasteiger charge is -2.19. The molecule has 116 valence electrons. The van der Waals surface area contributed by atoms with Crippen LogP contribution in [0.5, 0.6) is 0 Å². The first kappa shape index (κ1) is 16.8. The van der Waals surface area contributed by atoms with Gasteiger partial charge in [0, 0.05) is 28.2 Å². The molecule has 1 heterocycles. The highest BCUT2D eigenvalue weighted by molar-refractivity contribution is 9.10. The summed E-state index contributed by atoms with van der Waals surface area (Å²) in [6.07, 6.45) is 0.981. The van der Waals surface area contributed by atoms with Crippen LogP contribution in [0.1, 0.15) is 30.6 Å². The number of carbonyl (C=O) groups is 1. The monoisotopic (exact) mass is 393 g/mol. The van der Waals surface area contributed by atoms with Gasteiger partial charge in [-0.25, -0.2) is 8.42 Å². The first-order chi connectivity index (χ1) is 9.70. The van der Waals surface area contributed by atoms with Crippen LogP contribution in [0.15, 0.2) is 27.6 Å². The van der Waals surface area contributed by atoms with E-state index in [1.54, 1.807) is 11.0 Å². The van der Waals surface area contributed by atoms with Crippen molar-refractivity contribution in [2.24, 2.45) is 11.8 Å². The van der Waals surface area contributed by atoms with Crippen LogP contribution in [-0.4, -0.2) is 32.3 Å². The summed E-state index contributed by atoms with van der Waals surface area (Å²) in [6, 6.07) is 4.25. The van der Waals surface area contributed by atoms with E-state index in [4.69, 9.17) is 10.7 Å². The Hall–Kier alpha value is -0.590. The van der Waals surface area contributed by atoms with Gasteiger partial charge < -0.3 is 4.90 Å². The number of likely N-dealkylation sites (tertiary alicyclic amines) is 1. The van der Waals surface area contributed by atoms with E-state index in [0.29, 0.717) is 35.0 Å². The van der Waals surface area contributed by atoms with Gasteiger partial charge in [-0.15, -0.1) is 0 Å². The van der Waals surface area contributed by atoms with Gasteiger partial charge in [-0.1, -0.05) is 13.8 Å². The van der Waals surface area contributed by atoms with Crippen LogP contribution >= 0.6 is 26.6 Å². The molecule has 0 bridgehead atoms. The largest absolute Gasteiger partial charge is 0.338 e. The number of hydrogen-bond donors (Lipinski definition) is 0. The molecule has 1 unspecified atom stereocenters. The molecule has 4 nitrogen and oxygen atoms in total. The fraction of sp³-hybridized carbons (Fsp3) is 0.500. The molecule has 1 atom stereocenters. The molecule has 0 aromatic heterocycles. The summed E-state index contributed by atoms with van der Waals surface area (Å²) in [4.78, 5) is 14.3. The third-order valence-corrected chi connectivity index (χ3v) is 5.95. The maximum atomic E-state index is 12.6. The fourth-order valence-corrected chi connectivity index (χ4v) is 3.70. The molecule has 0 radical (unpaired) electrons. The van der Waals surface area contributed by atoms with E-state index in [1.807, 2.05) is 0 Å². The Labute approximate surface area is 138 Å². The van der Waals surface area contributed by atoms with Gasteiger partial charge in [-0.3, -0.25) is 4.79 Å². The van der Waals surface area contributed by atoms with Gasteiger partial charge in [0.15, 0.2) is 0 Å². The van der Waals surface area contributed by atoms with E-state index < -0.39 is 9.05 Å². The highest BCUT2D eigenvalue weighted by Crippen LogP contribution is 2.28. The first-order valence-electron chi connectivity index (χ1n) is 6.73. The fourth-order valence-electron chi connectivity index (χ4n) is 2.51.